The molecule has 4 nitrogen and oxygen atoms in total. The predicted octanol–water partition coefficient (Wildman–Crippen LogP) is 4.39. The molecular formula is C15H18ClNO3. The van der Waals surface area contributed by atoms with Gasteiger partial charge in [-0.1, -0.05) is 11.6 Å². The summed E-state index contributed by atoms with van der Waals surface area (Å²) in [5.74, 6) is 0.660. The van der Waals surface area contributed by atoms with Crippen molar-refractivity contribution in [2.24, 2.45) is 0 Å². The molecule has 20 heavy (non-hydrogen) atoms. The lowest BCUT2D eigenvalue weighted by atomic mass is 10.2. The summed E-state index contributed by atoms with van der Waals surface area (Å²) in [5, 5.41) is 1.33. The highest BCUT2D eigenvalue weighted by Crippen LogP contribution is 2.32. The van der Waals surface area contributed by atoms with Crippen LogP contribution in [0, 0.1) is 6.92 Å². The van der Waals surface area contributed by atoms with E-state index in [0.29, 0.717) is 16.3 Å². The van der Waals surface area contributed by atoms with Gasteiger partial charge in [0.25, 0.3) is 0 Å². The van der Waals surface area contributed by atoms with Gasteiger partial charge in [0.2, 0.25) is 0 Å². The van der Waals surface area contributed by atoms with E-state index in [-0.39, 0.29) is 0 Å². The Morgan fingerprint density at radius 2 is 1.95 bits per heavy atom. The Bertz CT molecular complexity index is 668. The van der Waals surface area contributed by atoms with Gasteiger partial charge in [-0.2, -0.15) is 0 Å². The molecule has 1 heterocycles. The van der Waals surface area contributed by atoms with Gasteiger partial charge in [0, 0.05) is 17.6 Å². The lowest BCUT2D eigenvalue weighted by molar-refractivity contribution is 0.0544. The van der Waals surface area contributed by atoms with Crippen LogP contribution in [0.1, 0.15) is 26.3 Å². The Balaban J connectivity index is 2.59. The van der Waals surface area contributed by atoms with Gasteiger partial charge in [-0.05, 0) is 39.3 Å². The SMILES string of the molecule is COc1cc(Cl)c2c(c1)c(C)cn2C(=O)OC(C)(C)C. The van der Waals surface area contributed by atoms with Gasteiger partial charge in [-0.25, -0.2) is 4.79 Å². The fraction of sp³-hybridized carbons (Fsp3) is 0.400. The second kappa shape index (κ2) is 5.02. The van der Waals surface area contributed by atoms with E-state index in [1.54, 1.807) is 19.4 Å². The van der Waals surface area contributed by atoms with E-state index in [2.05, 4.69) is 0 Å². The molecule has 5 heteroatoms. The van der Waals surface area contributed by atoms with Crippen molar-refractivity contribution >= 4 is 28.6 Å². The van der Waals surface area contributed by atoms with Gasteiger partial charge in [0.1, 0.15) is 11.4 Å². The van der Waals surface area contributed by atoms with Crippen molar-refractivity contribution in [1.82, 2.24) is 4.57 Å². The maximum atomic E-state index is 12.2. The zero-order valence-electron chi connectivity index (χ0n) is 12.3. The highest BCUT2D eigenvalue weighted by atomic mass is 35.5. The molecular weight excluding hydrogens is 278 g/mol. The molecule has 0 unspecified atom stereocenters. The zero-order valence-corrected chi connectivity index (χ0v) is 13.0. The molecule has 1 aromatic carbocycles. The minimum Gasteiger partial charge on any atom is -0.497 e. The summed E-state index contributed by atoms with van der Waals surface area (Å²) >= 11 is 6.27. The van der Waals surface area contributed by atoms with Gasteiger partial charge < -0.3 is 9.47 Å². The molecule has 0 atom stereocenters. The number of methoxy groups -OCH3 is 1. The first-order valence-electron chi connectivity index (χ1n) is 6.31. The fourth-order valence-electron chi connectivity index (χ4n) is 2.02. The van der Waals surface area contributed by atoms with E-state index in [1.165, 1.54) is 4.57 Å². The summed E-state index contributed by atoms with van der Waals surface area (Å²) < 4.78 is 12.0. The van der Waals surface area contributed by atoms with Crippen molar-refractivity contribution in [1.29, 1.82) is 0 Å². The van der Waals surface area contributed by atoms with Gasteiger partial charge in [-0.15, -0.1) is 0 Å². The van der Waals surface area contributed by atoms with E-state index in [4.69, 9.17) is 21.1 Å². The molecule has 0 saturated carbocycles. The number of hydrogen-bond donors (Lipinski definition) is 0. The number of ether oxygens (including phenoxy) is 2. The van der Waals surface area contributed by atoms with Crippen LogP contribution in [0.5, 0.6) is 5.75 Å². The van der Waals surface area contributed by atoms with E-state index >= 15 is 0 Å². The van der Waals surface area contributed by atoms with Crippen molar-refractivity contribution in [2.45, 2.75) is 33.3 Å². The van der Waals surface area contributed by atoms with Crippen molar-refractivity contribution < 1.29 is 14.3 Å². The monoisotopic (exact) mass is 295 g/mol. The minimum atomic E-state index is -0.555. The molecule has 0 N–H and O–H groups in total. The first-order valence-corrected chi connectivity index (χ1v) is 6.69. The topological polar surface area (TPSA) is 40.5 Å². The molecule has 0 fully saturated rings. The van der Waals surface area contributed by atoms with Gasteiger partial charge >= 0.3 is 6.09 Å². The molecule has 0 amide bonds. The summed E-state index contributed by atoms with van der Waals surface area (Å²) in [6.07, 6.45) is 1.28. The number of carbonyl (C=O) groups excluding carboxylic acids is 1. The smallest absolute Gasteiger partial charge is 0.419 e. The van der Waals surface area contributed by atoms with E-state index in [9.17, 15) is 4.79 Å². The number of aromatic nitrogens is 1. The van der Waals surface area contributed by atoms with Gasteiger partial charge in [0.15, 0.2) is 0 Å². The molecule has 2 aromatic rings. The predicted molar refractivity (Wildman–Crippen MR) is 79.9 cm³/mol. The van der Waals surface area contributed by atoms with Crippen LogP contribution >= 0.6 is 11.6 Å². The van der Waals surface area contributed by atoms with Crippen LogP contribution in [0.25, 0.3) is 10.9 Å². The number of halogens is 1. The van der Waals surface area contributed by atoms with Crippen molar-refractivity contribution in [3.8, 4) is 5.75 Å². The summed E-state index contributed by atoms with van der Waals surface area (Å²) in [7, 11) is 1.58. The number of hydrogen-bond acceptors (Lipinski definition) is 3. The first kappa shape index (κ1) is 14.7. The molecule has 0 spiro atoms. The summed E-state index contributed by atoms with van der Waals surface area (Å²) in [4.78, 5) is 12.2. The number of carbonyl (C=O) groups is 1. The number of aryl methyl sites for hydroxylation is 1. The Morgan fingerprint density at radius 3 is 2.50 bits per heavy atom. The first-order chi connectivity index (χ1) is 9.23. The number of fused-ring (bicyclic) bond motifs is 1. The molecule has 0 saturated heterocycles. The third kappa shape index (κ3) is 2.75. The highest BCUT2D eigenvalue weighted by Gasteiger charge is 2.21. The van der Waals surface area contributed by atoms with Crippen LogP contribution in [0.2, 0.25) is 5.02 Å². The van der Waals surface area contributed by atoms with Crippen LogP contribution in [-0.2, 0) is 4.74 Å². The normalized spacial score (nSPS) is 11.7. The average molecular weight is 296 g/mol. The lowest BCUT2D eigenvalue weighted by Gasteiger charge is -2.20. The third-order valence-electron chi connectivity index (χ3n) is 2.85. The van der Waals surface area contributed by atoms with E-state index in [0.717, 1.165) is 10.9 Å². The largest absolute Gasteiger partial charge is 0.497 e. The summed E-state index contributed by atoms with van der Waals surface area (Å²) in [6.45, 7) is 7.40. The number of benzene rings is 1. The second-order valence-corrected chi connectivity index (χ2v) is 6.08. The van der Waals surface area contributed by atoms with Crippen LogP contribution < -0.4 is 4.74 Å². The molecule has 0 radical (unpaired) electrons. The molecule has 0 aliphatic heterocycles. The molecule has 0 aliphatic carbocycles. The fourth-order valence-corrected chi connectivity index (χ4v) is 2.32. The van der Waals surface area contributed by atoms with Crippen molar-refractivity contribution in [3.63, 3.8) is 0 Å². The number of nitrogens with zero attached hydrogens (tertiary/aromatic N) is 1. The van der Waals surface area contributed by atoms with Crippen LogP contribution in [0.4, 0.5) is 4.79 Å². The third-order valence-corrected chi connectivity index (χ3v) is 3.14. The summed E-state index contributed by atoms with van der Waals surface area (Å²) in [5.41, 5.74) is 1.02. The van der Waals surface area contributed by atoms with E-state index in [1.807, 2.05) is 33.8 Å². The molecule has 0 aliphatic rings. The Morgan fingerprint density at radius 1 is 1.30 bits per heavy atom. The van der Waals surface area contributed by atoms with Crippen LogP contribution in [-0.4, -0.2) is 23.4 Å². The average Bonchev–Trinajstić information content (AvgIpc) is 2.65. The highest BCUT2D eigenvalue weighted by molar-refractivity contribution is 6.35. The molecule has 108 valence electrons. The van der Waals surface area contributed by atoms with Gasteiger partial charge in [0.05, 0.1) is 17.6 Å². The Labute approximate surface area is 123 Å². The molecule has 2 rings (SSSR count). The second-order valence-electron chi connectivity index (χ2n) is 5.67. The Kier molecular flexibility index (Phi) is 3.69. The minimum absolute atomic E-state index is 0.442. The van der Waals surface area contributed by atoms with Crippen molar-refractivity contribution in [3.05, 3.63) is 28.9 Å². The maximum Gasteiger partial charge on any atom is 0.419 e. The maximum absolute atomic E-state index is 12.2. The standard InChI is InChI=1S/C15H18ClNO3/c1-9-8-17(14(18)20-15(2,3)4)13-11(9)6-10(19-5)7-12(13)16/h6-8H,1-5H3. The lowest BCUT2D eigenvalue weighted by Crippen LogP contribution is -2.26. The Hall–Kier alpha value is -1.68. The number of rotatable bonds is 1. The summed E-state index contributed by atoms with van der Waals surface area (Å²) in [6, 6.07) is 3.54. The zero-order chi connectivity index (χ0) is 15.1. The van der Waals surface area contributed by atoms with E-state index < -0.39 is 11.7 Å². The quantitative estimate of drug-likeness (QED) is 0.783. The van der Waals surface area contributed by atoms with Crippen LogP contribution in [0.15, 0.2) is 18.3 Å². The van der Waals surface area contributed by atoms with Crippen LogP contribution in [0.3, 0.4) is 0 Å². The van der Waals surface area contributed by atoms with Crippen molar-refractivity contribution in [2.75, 3.05) is 7.11 Å². The molecule has 0 bridgehead atoms. The molecule has 1 aromatic heterocycles. The van der Waals surface area contributed by atoms with Gasteiger partial charge in [-0.3, -0.25) is 4.57 Å².